The molecule has 3 aromatic carbocycles. The van der Waals surface area contributed by atoms with Crippen molar-refractivity contribution in [3.05, 3.63) is 94.5 Å². The summed E-state index contributed by atoms with van der Waals surface area (Å²) in [6, 6.07) is 18.0. The van der Waals surface area contributed by atoms with Crippen LogP contribution in [0.4, 0.5) is 0 Å². The summed E-state index contributed by atoms with van der Waals surface area (Å²) >= 11 is 0. The molecule has 3 rings (SSSR count). The van der Waals surface area contributed by atoms with Gasteiger partial charge in [-0.05, 0) is 56.3 Å². The minimum Gasteiger partial charge on any atom is -0.419 e. The molecule has 0 aliphatic rings. The number of rotatable bonds is 5. The van der Waals surface area contributed by atoms with Gasteiger partial charge in [-0.1, -0.05) is 35.4 Å². The Morgan fingerprint density at radius 2 is 1.14 bits per heavy atom. The Labute approximate surface area is 162 Å². The Kier molecular flexibility index (Phi) is 5.65. The van der Waals surface area contributed by atoms with Crippen LogP contribution in [0, 0.1) is 13.8 Å². The summed E-state index contributed by atoms with van der Waals surface area (Å²) in [5, 5.41) is 0. The summed E-state index contributed by atoms with van der Waals surface area (Å²) in [6.45, 7) is 3.82. The van der Waals surface area contributed by atoms with E-state index in [0.717, 1.165) is 11.1 Å². The summed E-state index contributed by atoms with van der Waals surface area (Å²) in [4.78, 5) is 35.9. The van der Waals surface area contributed by atoms with Gasteiger partial charge in [-0.15, -0.1) is 0 Å². The summed E-state index contributed by atoms with van der Waals surface area (Å²) in [5.41, 5.74) is 3.02. The van der Waals surface area contributed by atoms with E-state index >= 15 is 0 Å². The van der Waals surface area contributed by atoms with Gasteiger partial charge in [-0.3, -0.25) is 4.79 Å². The van der Waals surface area contributed by atoms with Gasteiger partial charge in [0.15, 0.2) is 11.5 Å². The molecule has 0 radical (unpaired) electrons. The van der Waals surface area contributed by atoms with Gasteiger partial charge < -0.3 is 9.47 Å². The SMILES string of the molecule is Cc1ccc(C(=O)Oc2ccc(C=O)cc2OC(=O)c2ccc(C)cc2)cc1. The molecule has 0 fully saturated rings. The van der Waals surface area contributed by atoms with Crippen LogP contribution in [0.25, 0.3) is 0 Å². The monoisotopic (exact) mass is 374 g/mol. The fourth-order valence-electron chi connectivity index (χ4n) is 2.46. The van der Waals surface area contributed by atoms with Gasteiger partial charge in [-0.25, -0.2) is 9.59 Å². The number of carbonyl (C=O) groups excluding carboxylic acids is 3. The Morgan fingerprint density at radius 3 is 1.61 bits per heavy atom. The van der Waals surface area contributed by atoms with Crippen LogP contribution in [-0.4, -0.2) is 18.2 Å². The first-order valence-electron chi connectivity index (χ1n) is 8.63. The number of aldehydes is 1. The molecule has 0 spiro atoms. The van der Waals surface area contributed by atoms with E-state index in [9.17, 15) is 14.4 Å². The van der Waals surface area contributed by atoms with Gasteiger partial charge in [0.2, 0.25) is 0 Å². The molecule has 28 heavy (non-hydrogen) atoms. The molecule has 0 aliphatic carbocycles. The Balaban J connectivity index is 1.86. The molecule has 5 heteroatoms. The normalized spacial score (nSPS) is 10.2. The van der Waals surface area contributed by atoms with Gasteiger partial charge in [0.1, 0.15) is 6.29 Å². The van der Waals surface area contributed by atoms with E-state index < -0.39 is 11.9 Å². The lowest BCUT2D eigenvalue weighted by Gasteiger charge is -2.11. The molecular weight excluding hydrogens is 356 g/mol. The van der Waals surface area contributed by atoms with E-state index in [1.165, 1.54) is 18.2 Å². The highest BCUT2D eigenvalue weighted by atomic mass is 16.6. The molecule has 0 N–H and O–H groups in total. The zero-order chi connectivity index (χ0) is 20.1. The second kappa shape index (κ2) is 8.31. The van der Waals surface area contributed by atoms with Gasteiger partial charge in [0.25, 0.3) is 0 Å². The third kappa shape index (κ3) is 4.51. The fourth-order valence-corrected chi connectivity index (χ4v) is 2.46. The number of carbonyl (C=O) groups is 3. The maximum Gasteiger partial charge on any atom is 0.343 e. The third-order valence-corrected chi connectivity index (χ3v) is 4.08. The number of esters is 2. The van der Waals surface area contributed by atoms with Crippen molar-refractivity contribution >= 4 is 18.2 Å². The molecule has 0 bridgehead atoms. The minimum atomic E-state index is -0.615. The topological polar surface area (TPSA) is 69.7 Å². The number of benzene rings is 3. The third-order valence-electron chi connectivity index (χ3n) is 4.08. The van der Waals surface area contributed by atoms with Crippen molar-refractivity contribution in [3.63, 3.8) is 0 Å². The maximum absolute atomic E-state index is 12.4. The van der Waals surface area contributed by atoms with Gasteiger partial charge in [-0.2, -0.15) is 0 Å². The van der Waals surface area contributed by atoms with Crippen LogP contribution in [-0.2, 0) is 0 Å². The predicted molar refractivity (Wildman–Crippen MR) is 104 cm³/mol. The zero-order valence-corrected chi connectivity index (χ0v) is 15.5. The van der Waals surface area contributed by atoms with Crippen molar-refractivity contribution in [2.45, 2.75) is 13.8 Å². The van der Waals surface area contributed by atoms with E-state index in [0.29, 0.717) is 23.0 Å². The van der Waals surface area contributed by atoms with Gasteiger partial charge in [0.05, 0.1) is 11.1 Å². The fraction of sp³-hybridized carbons (Fsp3) is 0.0870. The number of hydrogen-bond acceptors (Lipinski definition) is 5. The van der Waals surface area contributed by atoms with E-state index in [4.69, 9.17) is 9.47 Å². The number of hydrogen-bond donors (Lipinski definition) is 0. The van der Waals surface area contributed by atoms with Crippen molar-refractivity contribution in [2.75, 3.05) is 0 Å². The van der Waals surface area contributed by atoms with Gasteiger partial charge >= 0.3 is 11.9 Å². The average molecular weight is 374 g/mol. The molecule has 0 amide bonds. The lowest BCUT2D eigenvalue weighted by atomic mass is 10.1. The first kappa shape index (κ1) is 19.0. The maximum atomic E-state index is 12.4. The molecule has 0 atom stereocenters. The van der Waals surface area contributed by atoms with Crippen LogP contribution < -0.4 is 9.47 Å². The highest BCUT2D eigenvalue weighted by Gasteiger charge is 2.17. The first-order valence-corrected chi connectivity index (χ1v) is 8.63. The lowest BCUT2D eigenvalue weighted by molar-refractivity contribution is 0.0682. The van der Waals surface area contributed by atoms with E-state index in [1.807, 2.05) is 13.8 Å². The van der Waals surface area contributed by atoms with E-state index in [-0.39, 0.29) is 11.5 Å². The molecule has 0 heterocycles. The smallest absolute Gasteiger partial charge is 0.343 e. The molecule has 0 saturated heterocycles. The summed E-state index contributed by atoms with van der Waals surface area (Å²) < 4.78 is 10.8. The molecule has 3 aromatic rings. The first-order chi connectivity index (χ1) is 13.5. The van der Waals surface area contributed by atoms with Crippen molar-refractivity contribution in [1.82, 2.24) is 0 Å². The molecule has 0 unspecified atom stereocenters. The predicted octanol–water partition coefficient (Wildman–Crippen LogP) is 4.55. The van der Waals surface area contributed by atoms with Crippen molar-refractivity contribution in [3.8, 4) is 11.5 Å². The Hall–Kier alpha value is -3.73. The van der Waals surface area contributed by atoms with Crippen LogP contribution in [0.5, 0.6) is 11.5 Å². The number of ether oxygens (including phenoxy) is 2. The summed E-state index contributed by atoms with van der Waals surface area (Å²) in [5.74, 6) is -1.16. The van der Waals surface area contributed by atoms with E-state index in [2.05, 4.69) is 0 Å². The van der Waals surface area contributed by atoms with Crippen LogP contribution >= 0.6 is 0 Å². The zero-order valence-electron chi connectivity index (χ0n) is 15.5. The van der Waals surface area contributed by atoms with Crippen LogP contribution in [0.1, 0.15) is 42.2 Å². The quantitative estimate of drug-likeness (QED) is 0.372. The van der Waals surface area contributed by atoms with Gasteiger partial charge in [0, 0.05) is 5.56 Å². The minimum absolute atomic E-state index is 0.00404. The van der Waals surface area contributed by atoms with E-state index in [1.54, 1.807) is 48.5 Å². The molecular formula is C23H18O5. The standard InChI is InChI=1S/C23H18O5/c1-15-3-8-18(9-4-15)22(25)27-20-12-7-17(14-24)13-21(20)28-23(26)19-10-5-16(2)6-11-19/h3-14H,1-2H3. The van der Waals surface area contributed by atoms with Crippen LogP contribution in [0.15, 0.2) is 66.7 Å². The molecule has 0 saturated carbocycles. The number of aryl methyl sites for hydroxylation is 2. The Bertz CT molecular complexity index is 1020. The van der Waals surface area contributed by atoms with Crippen molar-refractivity contribution in [1.29, 1.82) is 0 Å². The molecule has 140 valence electrons. The van der Waals surface area contributed by atoms with Crippen LogP contribution in [0.3, 0.4) is 0 Å². The molecule has 0 aliphatic heterocycles. The van der Waals surface area contributed by atoms with Crippen molar-refractivity contribution in [2.24, 2.45) is 0 Å². The average Bonchev–Trinajstić information content (AvgIpc) is 2.70. The highest BCUT2D eigenvalue weighted by Crippen LogP contribution is 2.30. The molecule has 0 aromatic heterocycles. The highest BCUT2D eigenvalue weighted by molar-refractivity contribution is 5.93. The second-order valence-electron chi connectivity index (χ2n) is 6.34. The second-order valence-corrected chi connectivity index (χ2v) is 6.34. The summed E-state index contributed by atoms with van der Waals surface area (Å²) in [6.07, 6.45) is 0.620. The lowest BCUT2D eigenvalue weighted by Crippen LogP contribution is -2.13. The Morgan fingerprint density at radius 1 is 0.679 bits per heavy atom. The molecule has 5 nitrogen and oxygen atoms in total. The summed E-state index contributed by atoms with van der Waals surface area (Å²) in [7, 11) is 0. The van der Waals surface area contributed by atoms with Crippen molar-refractivity contribution < 1.29 is 23.9 Å². The van der Waals surface area contributed by atoms with Crippen LogP contribution in [0.2, 0.25) is 0 Å². The largest absolute Gasteiger partial charge is 0.419 e.